The molecule has 0 aromatic carbocycles. The van der Waals surface area contributed by atoms with E-state index in [1.165, 1.54) is 6.26 Å². The van der Waals surface area contributed by atoms with Crippen molar-refractivity contribution in [3.63, 3.8) is 0 Å². The zero-order valence-electron chi connectivity index (χ0n) is 8.95. The van der Waals surface area contributed by atoms with E-state index in [0.29, 0.717) is 6.01 Å². The van der Waals surface area contributed by atoms with E-state index in [2.05, 4.69) is 83.8 Å². The van der Waals surface area contributed by atoms with Gasteiger partial charge in [-0.2, -0.15) is 0 Å². The molecule has 0 spiro atoms. The quantitative estimate of drug-likeness (QED) is 0.458. The Bertz CT molecular complexity index is 436. The standard InChI is InChI=1S/C5H6N2Se2.C4H4N2OSe2/c8-5(9)7-4-2-1-3-6-4;8-4(9)6-3-5-1-2-7-3/h1-3,6H,(H2,7,8,9);1-2H,(H2,5,6,8,9). The minimum atomic E-state index is 0.504. The van der Waals surface area contributed by atoms with E-state index in [1.54, 1.807) is 6.20 Å². The van der Waals surface area contributed by atoms with Gasteiger partial charge < -0.3 is 0 Å². The van der Waals surface area contributed by atoms with Crippen LogP contribution in [0.1, 0.15) is 0 Å². The van der Waals surface area contributed by atoms with Crippen LogP contribution < -0.4 is 10.6 Å². The van der Waals surface area contributed by atoms with Gasteiger partial charge in [-0.05, 0) is 0 Å². The third-order valence-electron chi connectivity index (χ3n) is 1.49. The van der Waals surface area contributed by atoms with Crippen LogP contribution in [0.25, 0.3) is 0 Å². The van der Waals surface area contributed by atoms with Crippen molar-refractivity contribution in [1.82, 2.24) is 9.97 Å². The number of hydrogen-bond donors (Lipinski definition) is 3. The van der Waals surface area contributed by atoms with Crippen LogP contribution in [0.2, 0.25) is 0 Å². The molecule has 0 unspecified atom stereocenters. The number of rotatable bonds is 4. The van der Waals surface area contributed by atoms with Crippen LogP contribution in [0.4, 0.5) is 11.8 Å². The van der Waals surface area contributed by atoms with Crippen LogP contribution in [-0.4, -0.2) is 80.0 Å². The van der Waals surface area contributed by atoms with Crippen molar-refractivity contribution >= 4 is 81.9 Å². The number of nitrogens with zero attached hydrogens (tertiary/aromatic N) is 1. The average Bonchev–Trinajstić information content (AvgIpc) is 2.90. The van der Waals surface area contributed by atoms with Gasteiger partial charge in [0.1, 0.15) is 0 Å². The molecule has 3 N–H and O–H groups in total. The van der Waals surface area contributed by atoms with E-state index in [0.717, 1.165) is 12.7 Å². The van der Waals surface area contributed by atoms with Crippen LogP contribution in [0, 0.1) is 0 Å². The summed E-state index contributed by atoms with van der Waals surface area (Å²) in [6.45, 7) is 0. The van der Waals surface area contributed by atoms with E-state index in [-0.39, 0.29) is 0 Å². The molecule has 0 bridgehead atoms. The van der Waals surface area contributed by atoms with Crippen molar-refractivity contribution in [2.45, 2.75) is 0 Å². The monoisotopic (exact) mass is 510 g/mol. The second-order valence-corrected chi connectivity index (χ2v) is 9.32. The van der Waals surface area contributed by atoms with E-state index < -0.39 is 0 Å². The van der Waals surface area contributed by atoms with Gasteiger partial charge in [0.05, 0.1) is 0 Å². The van der Waals surface area contributed by atoms with Gasteiger partial charge in [-0.15, -0.1) is 0 Å². The summed E-state index contributed by atoms with van der Waals surface area (Å²) < 4.78 is 6.76. The summed E-state index contributed by atoms with van der Waals surface area (Å²) in [5, 5.41) is 5.90. The molecule has 2 heterocycles. The first-order chi connectivity index (χ1) is 8.58. The summed E-state index contributed by atoms with van der Waals surface area (Å²) in [4.78, 5) is 6.83. The topological polar surface area (TPSA) is 65.9 Å². The molecule has 0 aliphatic carbocycles. The van der Waals surface area contributed by atoms with E-state index in [4.69, 9.17) is 4.42 Å². The average molecular weight is 506 g/mol. The van der Waals surface area contributed by atoms with Gasteiger partial charge in [-0.25, -0.2) is 0 Å². The predicted octanol–water partition coefficient (Wildman–Crippen LogP) is -1.17. The van der Waals surface area contributed by atoms with Gasteiger partial charge in [0.25, 0.3) is 0 Å². The summed E-state index contributed by atoms with van der Waals surface area (Å²) in [5.74, 6) is 1.00. The Morgan fingerprint density at radius 1 is 1.28 bits per heavy atom. The minimum absolute atomic E-state index is 0.504. The fraction of sp³-hybridized carbons (Fsp3) is 0. The molecule has 0 fully saturated rings. The maximum atomic E-state index is 4.87. The first kappa shape index (κ1) is 16.0. The van der Waals surface area contributed by atoms with Gasteiger partial charge in [0.2, 0.25) is 0 Å². The molecular weight excluding hydrogens is 496 g/mol. The Balaban J connectivity index is 0.000000180. The van der Waals surface area contributed by atoms with Gasteiger partial charge in [-0.3, -0.25) is 0 Å². The Kier molecular flexibility index (Phi) is 7.91. The van der Waals surface area contributed by atoms with Crippen molar-refractivity contribution in [1.29, 1.82) is 0 Å². The van der Waals surface area contributed by atoms with Crippen LogP contribution in [-0.2, 0) is 0 Å². The van der Waals surface area contributed by atoms with Crippen molar-refractivity contribution in [2.75, 3.05) is 10.6 Å². The number of hydrogen-bond acceptors (Lipinski definition) is 4. The Hall–Kier alpha value is -0.0921. The molecule has 9 heteroatoms. The zero-order chi connectivity index (χ0) is 13.4. The summed E-state index contributed by atoms with van der Waals surface area (Å²) >= 11 is 10.3. The summed E-state index contributed by atoms with van der Waals surface area (Å²) in [7, 11) is 0. The number of aromatic amines is 1. The number of H-pyrrole nitrogens is 1. The fourth-order valence-electron chi connectivity index (χ4n) is 0.900. The molecular formula is C9H10N4OSe4. The maximum absolute atomic E-state index is 4.87. The third-order valence-corrected chi connectivity index (χ3v) is 2.38. The summed E-state index contributed by atoms with van der Waals surface area (Å²) in [6.07, 6.45) is 4.97. The molecule has 0 amide bonds. The molecule has 0 saturated heterocycles. The molecule has 96 valence electrons. The van der Waals surface area contributed by atoms with E-state index in [1.807, 2.05) is 18.3 Å². The van der Waals surface area contributed by atoms with Gasteiger partial charge in [-0.1, -0.05) is 0 Å². The fourth-order valence-corrected chi connectivity index (χ4v) is 1.77. The van der Waals surface area contributed by atoms with Gasteiger partial charge in [0.15, 0.2) is 0 Å². The van der Waals surface area contributed by atoms with Crippen LogP contribution in [0.5, 0.6) is 0 Å². The number of oxazole rings is 1. The van der Waals surface area contributed by atoms with Crippen LogP contribution >= 0.6 is 0 Å². The van der Waals surface area contributed by atoms with Crippen LogP contribution in [0.3, 0.4) is 0 Å². The second-order valence-electron chi connectivity index (χ2n) is 2.78. The van der Waals surface area contributed by atoms with Crippen molar-refractivity contribution < 1.29 is 4.42 Å². The van der Waals surface area contributed by atoms with Crippen LogP contribution in [0.15, 0.2) is 35.2 Å². The first-order valence-electron chi connectivity index (χ1n) is 4.60. The molecule has 18 heavy (non-hydrogen) atoms. The van der Waals surface area contributed by atoms with E-state index in [9.17, 15) is 0 Å². The molecule has 0 saturated carbocycles. The number of aromatic nitrogens is 2. The summed E-state index contributed by atoms with van der Waals surface area (Å²) in [5.41, 5.74) is 0. The predicted molar refractivity (Wildman–Crippen MR) is 80.4 cm³/mol. The molecule has 0 aliphatic rings. The SMILES string of the molecule is [Se]=C([SeH])Nc1ccc[nH]1.[Se]=C([SeH])Nc1ncco1. The van der Waals surface area contributed by atoms with Crippen molar-refractivity contribution in [3.05, 3.63) is 30.8 Å². The first-order valence-corrected chi connectivity index (χ1v) is 8.19. The summed E-state index contributed by atoms with van der Waals surface area (Å²) in [6, 6.07) is 4.41. The molecule has 2 rings (SSSR count). The molecule has 0 aliphatic heterocycles. The van der Waals surface area contributed by atoms with Gasteiger partial charge in [0, 0.05) is 0 Å². The normalized spacial score (nSPS) is 9.00. The third kappa shape index (κ3) is 7.37. The van der Waals surface area contributed by atoms with Crippen molar-refractivity contribution in [2.24, 2.45) is 0 Å². The Morgan fingerprint density at radius 2 is 2.00 bits per heavy atom. The molecule has 2 aromatic rings. The molecule has 5 nitrogen and oxygen atoms in total. The Labute approximate surface area is 137 Å². The number of anilines is 2. The van der Waals surface area contributed by atoms with E-state index >= 15 is 0 Å². The van der Waals surface area contributed by atoms with Crippen molar-refractivity contribution in [3.8, 4) is 0 Å². The molecule has 2 aromatic heterocycles. The van der Waals surface area contributed by atoms with Gasteiger partial charge >= 0.3 is 138 Å². The zero-order valence-corrected chi connectivity index (χ0v) is 16.1. The molecule has 0 atom stereocenters. The molecule has 0 radical (unpaired) electrons. The second kappa shape index (κ2) is 8.91. The number of nitrogens with one attached hydrogen (secondary N) is 3. The Morgan fingerprint density at radius 3 is 2.44 bits per heavy atom.